The molecule has 170 valence electrons. The molecule has 0 bridgehead atoms. The molecule has 3 heterocycles. The van der Waals surface area contributed by atoms with E-state index in [0.717, 1.165) is 12.8 Å². The minimum absolute atomic E-state index is 0.181. The Balaban J connectivity index is 1.43. The Morgan fingerprint density at radius 3 is 2.67 bits per heavy atom. The second kappa shape index (κ2) is 9.56. The third-order valence-corrected chi connectivity index (χ3v) is 5.07. The predicted molar refractivity (Wildman–Crippen MR) is 120 cm³/mol. The topological polar surface area (TPSA) is 123 Å². The van der Waals surface area contributed by atoms with Gasteiger partial charge in [-0.15, -0.1) is 0 Å². The largest absolute Gasteiger partial charge is 0.469 e. The summed E-state index contributed by atoms with van der Waals surface area (Å²) in [6, 6.07) is 10.4. The summed E-state index contributed by atoms with van der Waals surface area (Å²) in [6.07, 6.45) is 3.11. The SMILES string of the molecule is CCCc1cc(C(=O)NCc2nc(-c3cccc(NC(=O)c4ccoc4C)c3)oc2C)no1. The number of benzene rings is 1. The van der Waals surface area contributed by atoms with Crippen LogP contribution in [0.1, 0.15) is 57.2 Å². The van der Waals surface area contributed by atoms with E-state index in [4.69, 9.17) is 13.4 Å². The number of carbonyl (C=O) groups is 2. The van der Waals surface area contributed by atoms with Crippen molar-refractivity contribution in [2.45, 2.75) is 40.2 Å². The van der Waals surface area contributed by atoms with Crippen LogP contribution in [-0.2, 0) is 13.0 Å². The fourth-order valence-electron chi connectivity index (χ4n) is 3.30. The molecule has 0 saturated heterocycles. The smallest absolute Gasteiger partial charge is 0.273 e. The number of anilines is 1. The summed E-state index contributed by atoms with van der Waals surface area (Å²) in [7, 11) is 0. The lowest BCUT2D eigenvalue weighted by atomic mass is 10.2. The molecule has 2 amide bonds. The van der Waals surface area contributed by atoms with Crippen molar-refractivity contribution in [2.24, 2.45) is 0 Å². The molecule has 1 aromatic carbocycles. The summed E-state index contributed by atoms with van der Waals surface area (Å²) in [5.74, 6) is 1.59. The summed E-state index contributed by atoms with van der Waals surface area (Å²) in [5.41, 5.74) is 2.59. The lowest BCUT2D eigenvalue weighted by Crippen LogP contribution is -2.23. The molecule has 0 radical (unpaired) electrons. The molecular formula is C24H24N4O5. The van der Waals surface area contributed by atoms with Crippen molar-refractivity contribution in [1.29, 1.82) is 0 Å². The third-order valence-electron chi connectivity index (χ3n) is 5.07. The molecule has 9 nitrogen and oxygen atoms in total. The van der Waals surface area contributed by atoms with Crippen LogP contribution in [0, 0.1) is 13.8 Å². The van der Waals surface area contributed by atoms with E-state index in [1.165, 1.54) is 6.26 Å². The van der Waals surface area contributed by atoms with E-state index < -0.39 is 0 Å². The van der Waals surface area contributed by atoms with Gasteiger partial charge in [0.05, 0.1) is 18.4 Å². The van der Waals surface area contributed by atoms with E-state index in [2.05, 4.69) is 20.8 Å². The maximum absolute atomic E-state index is 12.4. The number of aryl methyl sites for hydroxylation is 3. The molecular weight excluding hydrogens is 424 g/mol. The van der Waals surface area contributed by atoms with Crippen molar-refractivity contribution in [3.8, 4) is 11.5 Å². The minimum Gasteiger partial charge on any atom is -0.469 e. The van der Waals surface area contributed by atoms with Crippen molar-refractivity contribution in [1.82, 2.24) is 15.5 Å². The van der Waals surface area contributed by atoms with Gasteiger partial charge >= 0.3 is 0 Å². The molecule has 0 atom stereocenters. The molecule has 0 saturated carbocycles. The highest BCUT2D eigenvalue weighted by Gasteiger charge is 2.17. The van der Waals surface area contributed by atoms with E-state index in [9.17, 15) is 9.59 Å². The Labute approximate surface area is 190 Å². The number of carbonyl (C=O) groups excluding carboxylic acids is 2. The van der Waals surface area contributed by atoms with Crippen LogP contribution >= 0.6 is 0 Å². The number of hydrogen-bond donors (Lipinski definition) is 2. The minimum atomic E-state index is -0.343. The van der Waals surface area contributed by atoms with E-state index >= 15 is 0 Å². The van der Waals surface area contributed by atoms with Crippen LogP contribution in [0.25, 0.3) is 11.5 Å². The van der Waals surface area contributed by atoms with Crippen molar-refractivity contribution in [3.05, 3.63) is 76.9 Å². The zero-order valence-electron chi connectivity index (χ0n) is 18.6. The Morgan fingerprint density at radius 2 is 1.91 bits per heavy atom. The molecule has 0 spiro atoms. The van der Waals surface area contributed by atoms with E-state index in [1.807, 2.05) is 13.0 Å². The Morgan fingerprint density at radius 1 is 1.06 bits per heavy atom. The van der Waals surface area contributed by atoms with Gasteiger partial charge in [-0.2, -0.15) is 0 Å². The van der Waals surface area contributed by atoms with Gasteiger partial charge in [0.25, 0.3) is 11.8 Å². The van der Waals surface area contributed by atoms with Gasteiger partial charge < -0.3 is 24.0 Å². The van der Waals surface area contributed by atoms with Gasteiger partial charge in [-0.25, -0.2) is 4.98 Å². The number of rotatable bonds is 8. The van der Waals surface area contributed by atoms with Gasteiger partial charge in [-0.05, 0) is 44.5 Å². The summed E-state index contributed by atoms with van der Waals surface area (Å²) >= 11 is 0. The summed E-state index contributed by atoms with van der Waals surface area (Å²) in [4.78, 5) is 29.3. The molecule has 0 fully saturated rings. The van der Waals surface area contributed by atoms with Gasteiger partial charge in [-0.3, -0.25) is 9.59 Å². The molecule has 0 aliphatic carbocycles. The Bertz CT molecular complexity index is 1280. The van der Waals surface area contributed by atoms with Gasteiger partial charge in [0, 0.05) is 23.7 Å². The molecule has 0 unspecified atom stereocenters. The van der Waals surface area contributed by atoms with Gasteiger partial charge in [0.15, 0.2) is 5.69 Å². The first-order valence-electron chi connectivity index (χ1n) is 10.6. The van der Waals surface area contributed by atoms with Crippen LogP contribution in [0.3, 0.4) is 0 Å². The first kappa shape index (κ1) is 22.1. The van der Waals surface area contributed by atoms with Gasteiger partial charge in [-0.1, -0.05) is 18.1 Å². The average molecular weight is 448 g/mol. The van der Waals surface area contributed by atoms with Crippen LogP contribution in [0.2, 0.25) is 0 Å². The van der Waals surface area contributed by atoms with Crippen molar-refractivity contribution in [2.75, 3.05) is 5.32 Å². The predicted octanol–water partition coefficient (Wildman–Crippen LogP) is 4.67. The summed E-state index contributed by atoms with van der Waals surface area (Å²) in [6.45, 7) is 5.71. The number of furan rings is 1. The van der Waals surface area contributed by atoms with Crippen LogP contribution in [0.5, 0.6) is 0 Å². The lowest BCUT2D eigenvalue weighted by molar-refractivity contribution is 0.0940. The molecule has 4 rings (SSSR count). The number of nitrogens with one attached hydrogen (secondary N) is 2. The van der Waals surface area contributed by atoms with Crippen LogP contribution in [0.4, 0.5) is 5.69 Å². The van der Waals surface area contributed by atoms with Crippen molar-refractivity contribution < 1.29 is 22.9 Å². The first-order chi connectivity index (χ1) is 15.9. The van der Waals surface area contributed by atoms with Crippen LogP contribution in [0.15, 0.2) is 56.0 Å². The number of oxazole rings is 1. The third kappa shape index (κ3) is 5.03. The number of aromatic nitrogens is 2. The molecule has 9 heteroatoms. The zero-order valence-corrected chi connectivity index (χ0v) is 18.6. The zero-order chi connectivity index (χ0) is 23.4. The van der Waals surface area contributed by atoms with Crippen molar-refractivity contribution >= 4 is 17.5 Å². The van der Waals surface area contributed by atoms with Crippen molar-refractivity contribution in [3.63, 3.8) is 0 Å². The maximum atomic E-state index is 12.4. The molecule has 4 aromatic rings. The Kier molecular flexibility index (Phi) is 6.39. The first-order valence-corrected chi connectivity index (χ1v) is 10.6. The average Bonchev–Trinajstić information content (AvgIpc) is 3.53. The van der Waals surface area contributed by atoms with Gasteiger partial charge in [0.2, 0.25) is 5.89 Å². The fraction of sp³-hybridized carbons (Fsp3) is 0.250. The highest BCUT2D eigenvalue weighted by Crippen LogP contribution is 2.25. The van der Waals surface area contributed by atoms with Crippen LogP contribution in [-0.4, -0.2) is 22.0 Å². The molecule has 33 heavy (non-hydrogen) atoms. The highest BCUT2D eigenvalue weighted by molar-refractivity contribution is 6.05. The summed E-state index contributed by atoms with van der Waals surface area (Å²) in [5, 5.41) is 9.44. The lowest BCUT2D eigenvalue weighted by Gasteiger charge is -2.05. The summed E-state index contributed by atoms with van der Waals surface area (Å²) < 4.78 is 16.1. The Hall–Kier alpha value is -4.14. The highest BCUT2D eigenvalue weighted by atomic mass is 16.5. The molecule has 2 N–H and O–H groups in total. The quantitative estimate of drug-likeness (QED) is 0.401. The molecule has 3 aromatic heterocycles. The van der Waals surface area contributed by atoms with E-state index in [0.29, 0.717) is 45.7 Å². The number of nitrogens with zero attached hydrogens (tertiary/aromatic N) is 2. The molecule has 0 aliphatic heterocycles. The second-order valence-corrected chi connectivity index (χ2v) is 7.56. The standard InChI is InChI=1S/C24H24N4O5/c1-4-6-18-12-20(28-33-18)23(30)25-13-21-15(3)32-24(27-21)16-7-5-8-17(11-16)26-22(29)19-9-10-31-14(19)2/h5,7-12H,4,6,13H2,1-3H3,(H,25,30)(H,26,29). The normalized spacial score (nSPS) is 10.9. The van der Waals surface area contributed by atoms with E-state index in [1.54, 1.807) is 44.2 Å². The monoisotopic (exact) mass is 448 g/mol. The van der Waals surface area contributed by atoms with E-state index in [-0.39, 0.29) is 24.1 Å². The van der Waals surface area contributed by atoms with Gasteiger partial charge in [0.1, 0.15) is 23.0 Å². The fourth-order valence-corrected chi connectivity index (χ4v) is 3.30. The number of hydrogen-bond acceptors (Lipinski definition) is 7. The van der Waals surface area contributed by atoms with Crippen LogP contribution < -0.4 is 10.6 Å². The molecule has 0 aliphatic rings. The number of amides is 2. The second-order valence-electron chi connectivity index (χ2n) is 7.56. The maximum Gasteiger partial charge on any atom is 0.273 e.